The molecule has 0 unspecified atom stereocenters. The van der Waals surface area contributed by atoms with Crippen molar-refractivity contribution in [1.82, 2.24) is 5.43 Å². The third kappa shape index (κ3) is 6.07. The molecule has 0 heterocycles. The van der Waals surface area contributed by atoms with Crippen LogP contribution in [0.2, 0.25) is 0 Å². The van der Waals surface area contributed by atoms with Gasteiger partial charge in [0.1, 0.15) is 0 Å². The van der Waals surface area contributed by atoms with Crippen molar-refractivity contribution in [2.45, 2.75) is 13.5 Å². The van der Waals surface area contributed by atoms with Gasteiger partial charge in [-0.05, 0) is 43.4 Å². The standard InChI is InChI=1S/C18H19F2N3O3S/c1-11-4-6-13(7-5-11)22-18(27)23-21-10-12-8-14(24-2)16(26-17(19)20)15(9-12)25-3/h4-10,17H,1-3H3,(H2,22,23,27)/b21-10-. The summed E-state index contributed by atoms with van der Waals surface area (Å²) in [4.78, 5) is 0. The molecule has 144 valence electrons. The normalized spacial score (nSPS) is 10.7. The third-order valence-electron chi connectivity index (χ3n) is 3.38. The predicted octanol–water partition coefficient (Wildman–Crippen LogP) is 3.93. The van der Waals surface area contributed by atoms with E-state index in [1.165, 1.54) is 32.6 Å². The number of halogens is 2. The fraction of sp³-hybridized carbons (Fsp3) is 0.222. The Hall–Kier alpha value is -2.94. The quantitative estimate of drug-likeness (QED) is 0.421. The monoisotopic (exact) mass is 395 g/mol. The number of benzene rings is 2. The van der Waals surface area contributed by atoms with Crippen LogP contribution in [0.25, 0.3) is 0 Å². The highest BCUT2D eigenvalue weighted by Crippen LogP contribution is 2.39. The van der Waals surface area contributed by atoms with Crippen LogP contribution in [-0.2, 0) is 0 Å². The van der Waals surface area contributed by atoms with Gasteiger partial charge in [-0.1, -0.05) is 17.7 Å². The zero-order valence-electron chi connectivity index (χ0n) is 15.0. The zero-order valence-corrected chi connectivity index (χ0v) is 15.8. The number of rotatable bonds is 7. The summed E-state index contributed by atoms with van der Waals surface area (Å²) in [6.07, 6.45) is 1.44. The summed E-state index contributed by atoms with van der Waals surface area (Å²) < 4.78 is 39.7. The minimum atomic E-state index is -3.00. The molecule has 2 N–H and O–H groups in total. The number of anilines is 1. The fourth-order valence-electron chi connectivity index (χ4n) is 2.14. The Balaban J connectivity index is 2.07. The number of aryl methyl sites for hydroxylation is 1. The number of nitrogens with one attached hydrogen (secondary N) is 2. The Labute approximate surface area is 161 Å². The molecule has 0 saturated carbocycles. The van der Waals surface area contributed by atoms with Gasteiger partial charge >= 0.3 is 6.61 Å². The van der Waals surface area contributed by atoms with Crippen LogP contribution in [0.4, 0.5) is 14.5 Å². The number of alkyl halides is 2. The van der Waals surface area contributed by atoms with Crippen LogP contribution in [0, 0.1) is 6.92 Å². The highest BCUT2D eigenvalue weighted by molar-refractivity contribution is 7.80. The van der Waals surface area contributed by atoms with E-state index in [4.69, 9.17) is 21.7 Å². The van der Waals surface area contributed by atoms with Gasteiger partial charge in [0.15, 0.2) is 16.6 Å². The average molecular weight is 395 g/mol. The summed E-state index contributed by atoms with van der Waals surface area (Å²) in [5, 5.41) is 7.30. The summed E-state index contributed by atoms with van der Waals surface area (Å²) in [5.41, 5.74) is 5.17. The molecule has 0 aliphatic carbocycles. The molecule has 2 rings (SSSR count). The molecule has 0 fully saturated rings. The fourth-order valence-corrected chi connectivity index (χ4v) is 2.31. The summed E-state index contributed by atoms with van der Waals surface area (Å²) in [6.45, 7) is -1.01. The average Bonchev–Trinajstić information content (AvgIpc) is 2.64. The number of methoxy groups -OCH3 is 2. The van der Waals surface area contributed by atoms with Crippen molar-refractivity contribution < 1.29 is 23.0 Å². The Morgan fingerprint density at radius 3 is 2.22 bits per heavy atom. The van der Waals surface area contributed by atoms with Crippen LogP contribution in [0.15, 0.2) is 41.5 Å². The van der Waals surface area contributed by atoms with E-state index in [2.05, 4.69) is 20.6 Å². The Morgan fingerprint density at radius 2 is 1.70 bits per heavy atom. The summed E-state index contributed by atoms with van der Waals surface area (Å²) in [6, 6.07) is 10.7. The molecule has 0 radical (unpaired) electrons. The van der Waals surface area contributed by atoms with Crippen molar-refractivity contribution >= 4 is 29.2 Å². The molecule has 0 aliphatic heterocycles. The zero-order chi connectivity index (χ0) is 19.8. The highest BCUT2D eigenvalue weighted by atomic mass is 32.1. The van der Waals surface area contributed by atoms with E-state index in [0.717, 1.165) is 11.3 Å². The van der Waals surface area contributed by atoms with Gasteiger partial charge in [-0.15, -0.1) is 0 Å². The molecule has 27 heavy (non-hydrogen) atoms. The first kappa shape index (κ1) is 20.4. The maximum Gasteiger partial charge on any atom is 0.387 e. The van der Waals surface area contributed by atoms with Gasteiger partial charge in [-0.25, -0.2) is 0 Å². The molecule has 2 aromatic rings. The summed E-state index contributed by atoms with van der Waals surface area (Å²) >= 11 is 5.16. The maximum absolute atomic E-state index is 12.6. The lowest BCUT2D eigenvalue weighted by Gasteiger charge is -2.14. The van der Waals surface area contributed by atoms with Crippen LogP contribution < -0.4 is 25.0 Å². The minimum Gasteiger partial charge on any atom is -0.493 e. The minimum absolute atomic E-state index is 0.0939. The van der Waals surface area contributed by atoms with Crippen molar-refractivity contribution in [2.75, 3.05) is 19.5 Å². The largest absolute Gasteiger partial charge is 0.493 e. The van der Waals surface area contributed by atoms with E-state index in [1.54, 1.807) is 0 Å². The van der Waals surface area contributed by atoms with Crippen LogP contribution in [0.5, 0.6) is 17.2 Å². The second kappa shape index (κ2) is 9.67. The Kier molecular flexibility index (Phi) is 7.30. The lowest BCUT2D eigenvalue weighted by molar-refractivity contribution is -0.0526. The van der Waals surface area contributed by atoms with Gasteiger partial charge in [0.05, 0.1) is 20.4 Å². The number of nitrogens with zero attached hydrogens (tertiary/aromatic N) is 1. The van der Waals surface area contributed by atoms with Gasteiger partial charge in [0.2, 0.25) is 5.75 Å². The van der Waals surface area contributed by atoms with E-state index in [1.807, 2.05) is 31.2 Å². The molecule has 9 heteroatoms. The highest BCUT2D eigenvalue weighted by Gasteiger charge is 2.17. The van der Waals surface area contributed by atoms with E-state index < -0.39 is 6.61 Å². The molecule has 0 bridgehead atoms. The van der Waals surface area contributed by atoms with Crippen molar-refractivity contribution in [2.24, 2.45) is 5.10 Å². The molecule has 2 aromatic carbocycles. The molecule has 0 amide bonds. The van der Waals surface area contributed by atoms with Crippen LogP contribution in [0.3, 0.4) is 0 Å². The first-order valence-corrected chi connectivity index (χ1v) is 8.21. The van der Waals surface area contributed by atoms with Crippen molar-refractivity contribution in [3.63, 3.8) is 0 Å². The Morgan fingerprint density at radius 1 is 1.11 bits per heavy atom. The van der Waals surface area contributed by atoms with Crippen LogP contribution in [-0.4, -0.2) is 32.2 Å². The second-order valence-corrected chi connectivity index (χ2v) is 5.73. The predicted molar refractivity (Wildman–Crippen MR) is 104 cm³/mol. The van der Waals surface area contributed by atoms with E-state index in [9.17, 15) is 8.78 Å². The number of thiocarbonyl (C=S) groups is 1. The molecule has 0 atom stereocenters. The van der Waals surface area contributed by atoms with Crippen molar-refractivity contribution in [1.29, 1.82) is 0 Å². The molecule has 0 spiro atoms. The number of hydrogen-bond donors (Lipinski definition) is 2. The first-order valence-electron chi connectivity index (χ1n) is 7.80. The summed E-state index contributed by atoms with van der Waals surface area (Å²) in [7, 11) is 2.68. The molecule has 0 aliphatic rings. The van der Waals surface area contributed by atoms with E-state index >= 15 is 0 Å². The molecule has 6 nitrogen and oxygen atoms in total. The van der Waals surface area contributed by atoms with Gasteiger partial charge in [0.25, 0.3) is 0 Å². The lowest BCUT2D eigenvalue weighted by Crippen LogP contribution is -2.23. The molecular formula is C18H19F2N3O3S. The number of hydrazone groups is 1. The van der Waals surface area contributed by atoms with Gasteiger partial charge < -0.3 is 19.5 Å². The first-order chi connectivity index (χ1) is 12.9. The topological polar surface area (TPSA) is 64.1 Å². The maximum atomic E-state index is 12.6. The molecule has 0 saturated heterocycles. The Bertz CT molecular complexity index is 789. The second-order valence-electron chi connectivity index (χ2n) is 5.32. The van der Waals surface area contributed by atoms with Crippen molar-refractivity contribution in [3.05, 3.63) is 47.5 Å². The van der Waals surface area contributed by atoms with Crippen LogP contribution in [0.1, 0.15) is 11.1 Å². The van der Waals surface area contributed by atoms with Gasteiger partial charge in [-0.3, -0.25) is 5.43 Å². The smallest absolute Gasteiger partial charge is 0.387 e. The van der Waals surface area contributed by atoms with Crippen molar-refractivity contribution in [3.8, 4) is 17.2 Å². The van der Waals surface area contributed by atoms with Gasteiger partial charge in [-0.2, -0.15) is 13.9 Å². The molecular weight excluding hydrogens is 376 g/mol. The van der Waals surface area contributed by atoms with E-state index in [0.29, 0.717) is 10.7 Å². The summed E-state index contributed by atoms with van der Waals surface area (Å²) in [5.74, 6) is 0.00424. The lowest BCUT2D eigenvalue weighted by atomic mass is 10.2. The third-order valence-corrected chi connectivity index (χ3v) is 3.57. The van der Waals surface area contributed by atoms with Gasteiger partial charge in [0, 0.05) is 11.3 Å². The number of ether oxygens (including phenoxy) is 3. The SMILES string of the molecule is COc1cc(/C=N\NC(=S)Nc2ccc(C)cc2)cc(OC)c1OC(F)F. The number of hydrogen-bond acceptors (Lipinski definition) is 5. The molecule has 0 aromatic heterocycles. The van der Waals surface area contributed by atoms with E-state index in [-0.39, 0.29) is 17.2 Å². The van der Waals surface area contributed by atoms with Crippen LogP contribution >= 0.6 is 12.2 Å².